The monoisotopic (exact) mass is 252 g/mol. The van der Waals surface area contributed by atoms with E-state index in [0.717, 1.165) is 12.1 Å². The number of nitrogens with zero attached hydrogens (tertiary/aromatic N) is 2. The van der Waals surface area contributed by atoms with E-state index >= 15 is 0 Å². The van der Waals surface area contributed by atoms with Crippen LogP contribution in [0.3, 0.4) is 0 Å². The van der Waals surface area contributed by atoms with Crippen molar-refractivity contribution in [3.8, 4) is 0 Å². The summed E-state index contributed by atoms with van der Waals surface area (Å²) in [5.41, 5.74) is 4.69. The van der Waals surface area contributed by atoms with Gasteiger partial charge in [-0.1, -0.05) is 12.1 Å². The molecule has 2 heterocycles. The summed E-state index contributed by atoms with van der Waals surface area (Å²) in [4.78, 5) is 18.3. The van der Waals surface area contributed by atoms with E-state index in [4.69, 9.17) is 0 Å². The molecule has 0 unspecified atom stereocenters. The number of benzene rings is 1. The zero-order chi connectivity index (χ0) is 13.4. The minimum atomic E-state index is 0.120. The number of fused-ring (bicyclic) bond motifs is 1. The first-order chi connectivity index (χ1) is 9.16. The van der Waals surface area contributed by atoms with Crippen LogP contribution in [0.2, 0.25) is 0 Å². The second-order valence-electron chi connectivity index (χ2n) is 4.98. The van der Waals surface area contributed by atoms with Gasteiger partial charge in [-0.05, 0) is 55.2 Å². The summed E-state index contributed by atoms with van der Waals surface area (Å²) in [7, 11) is 0. The topological polar surface area (TPSA) is 33.2 Å². The van der Waals surface area contributed by atoms with Crippen LogP contribution in [0.1, 0.15) is 23.1 Å². The molecule has 3 nitrogen and oxygen atoms in total. The van der Waals surface area contributed by atoms with Crippen molar-refractivity contribution in [2.75, 3.05) is 4.90 Å². The van der Waals surface area contributed by atoms with Crippen molar-refractivity contribution in [1.29, 1.82) is 0 Å². The summed E-state index contributed by atoms with van der Waals surface area (Å²) in [6, 6.07) is 9.93. The van der Waals surface area contributed by atoms with Crippen molar-refractivity contribution in [1.82, 2.24) is 4.98 Å². The first kappa shape index (κ1) is 11.9. The Bertz CT molecular complexity index is 635. The summed E-state index contributed by atoms with van der Waals surface area (Å²) in [5.74, 6) is 0.825. The maximum atomic E-state index is 12.2. The van der Waals surface area contributed by atoms with Gasteiger partial charge in [0.2, 0.25) is 5.91 Å². The molecule has 0 saturated heterocycles. The highest BCUT2D eigenvalue weighted by atomic mass is 16.2. The van der Waals surface area contributed by atoms with Crippen molar-refractivity contribution in [2.24, 2.45) is 0 Å². The smallest absolute Gasteiger partial charge is 0.233 e. The lowest BCUT2D eigenvalue weighted by Gasteiger charge is -2.29. The van der Waals surface area contributed by atoms with Crippen LogP contribution in [0, 0.1) is 13.8 Å². The molecule has 2 aromatic rings. The van der Waals surface area contributed by atoms with Crippen LogP contribution in [-0.2, 0) is 11.2 Å². The standard InChI is InChI=1S/C16H16N2O/c1-11-9-13-6-7-16(19)18(14(13)10-12(11)2)15-5-3-4-8-17-15/h3-5,8-10H,6-7H2,1-2H3. The van der Waals surface area contributed by atoms with Gasteiger partial charge in [0.25, 0.3) is 0 Å². The average Bonchev–Trinajstić information content (AvgIpc) is 2.42. The molecule has 0 N–H and O–H groups in total. The highest BCUT2D eigenvalue weighted by Gasteiger charge is 2.26. The van der Waals surface area contributed by atoms with Gasteiger partial charge in [-0.25, -0.2) is 4.98 Å². The summed E-state index contributed by atoms with van der Waals surface area (Å²) >= 11 is 0. The molecule has 0 bridgehead atoms. The maximum absolute atomic E-state index is 12.2. The Morgan fingerprint density at radius 1 is 1.11 bits per heavy atom. The molecule has 0 spiro atoms. The van der Waals surface area contributed by atoms with E-state index in [0.29, 0.717) is 12.2 Å². The molecule has 3 rings (SSSR count). The Morgan fingerprint density at radius 2 is 1.89 bits per heavy atom. The Labute approximate surface area is 112 Å². The van der Waals surface area contributed by atoms with Crippen molar-refractivity contribution in [2.45, 2.75) is 26.7 Å². The van der Waals surface area contributed by atoms with Gasteiger partial charge in [0, 0.05) is 12.6 Å². The average molecular weight is 252 g/mol. The lowest BCUT2D eigenvalue weighted by atomic mass is 9.96. The third kappa shape index (κ3) is 2.01. The van der Waals surface area contributed by atoms with Crippen molar-refractivity contribution in [3.05, 3.63) is 53.2 Å². The highest BCUT2D eigenvalue weighted by Crippen LogP contribution is 2.34. The fourth-order valence-electron chi connectivity index (χ4n) is 2.49. The number of hydrogen-bond acceptors (Lipinski definition) is 2. The molecule has 0 radical (unpaired) electrons. The van der Waals surface area contributed by atoms with Gasteiger partial charge in [-0.15, -0.1) is 0 Å². The predicted molar refractivity (Wildman–Crippen MR) is 75.6 cm³/mol. The first-order valence-electron chi connectivity index (χ1n) is 6.51. The number of anilines is 2. The molecule has 0 saturated carbocycles. The molecule has 1 aromatic heterocycles. The second kappa shape index (κ2) is 4.50. The molecule has 1 aromatic carbocycles. The molecule has 1 aliphatic heterocycles. The van der Waals surface area contributed by atoms with Gasteiger partial charge in [0.05, 0.1) is 5.69 Å². The van der Waals surface area contributed by atoms with Crippen LogP contribution in [0.5, 0.6) is 0 Å². The van der Waals surface area contributed by atoms with Crippen LogP contribution < -0.4 is 4.90 Å². The first-order valence-corrected chi connectivity index (χ1v) is 6.51. The van der Waals surface area contributed by atoms with Gasteiger partial charge in [0.1, 0.15) is 5.82 Å². The van der Waals surface area contributed by atoms with E-state index in [1.807, 2.05) is 18.2 Å². The second-order valence-corrected chi connectivity index (χ2v) is 4.98. The Balaban J connectivity index is 2.17. The molecule has 0 aliphatic carbocycles. The third-order valence-electron chi connectivity index (χ3n) is 3.67. The molecule has 1 amide bonds. The van der Waals surface area contributed by atoms with E-state index in [1.165, 1.54) is 16.7 Å². The molecular weight excluding hydrogens is 236 g/mol. The predicted octanol–water partition coefficient (Wildman–Crippen LogP) is 3.31. The van der Waals surface area contributed by atoms with E-state index in [9.17, 15) is 4.79 Å². The van der Waals surface area contributed by atoms with Crippen molar-refractivity contribution < 1.29 is 4.79 Å². The number of carbonyl (C=O) groups is 1. The van der Waals surface area contributed by atoms with Crippen LogP contribution in [0.15, 0.2) is 36.5 Å². The maximum Gasteiger partial charge on any atom is 0.233 e. The highest BCUT2D eigenvalue weighted by molar-refractivity contribution is 6.02. The zero-order valence-electron chi connectivity index (χ0n) is 11.2. The lowest BCUT2D eigenvalue weighted by molar-refractivity contribution is -0.118. The summed E-state index contributed by atoms with van der Waals surface area (Å²) in [5, 5.41) is 0. The molecule has 1 aliphatic rings. The largest absolute Gasteiger partial charge is 0.274 e. The summed E-state index contributed by atoms with van der Waals surface area (Å²) < 4.78 is 0. The lowest BCUT2D eigenvalue weighted by Crippen LogP contribution is -2.31. The number of carbonyl (C=O) groups excluding carboxylic acids is 1. The number of rotatable bonds is 1. The Morgan fingerprint density at radius 3 is 2.63 bits per heavy atom. The third-order valence-corrected chi connectivity index (χ3v) is 3.67. The fraction of sp³-hybridized carbons (Fsp3) is 0.250. The minimum Gasteiger partial charge on any atom is -0.274 e. The van der Waals surface area contributed by atoms with Crippen molar-refractivity contribution >= 4 is 17.4 Å². The van der Waals surface area contributed by atoms with Gasteiger partial charge >= 0.3 is 0 Å². The van der Waals surface area contributed by atoms with Gasteiger partial charge in [-0.3, -0.25) is 9.69 Å². The number of hydrogen-bond donors (Lipinski definition) is 0. The van der Waals surface area contributed by atoms with Crippen LogP contribution >= 0.6 is 0 Å². The van der Waals surface area contributed by atoms with E-state index in [2.05, 4.69) is 31.0 Å². The number of aromatic nitrogens is 1. The molecule has 0 fully saturated rings. The Hall–Kier alpha value is -2.16. The fourth-order valence-corrected chi connectivity index (χ4v) is 2.49. The van der Waals surface area contributed by atoms with Gasteiger partial charge < -0.3 is 0 Å². The van der Waals surface area contributed by atoms with Crippen LogP contribution in [-0.4, -0.2) is 10.9 Å². The normalized spacial score (nSPS) is 14.4. The molecule has 3 heteroatoms. The van der Waals surface area contributed by atoms with Gasteiger partial charge in [-0.2, -0.15) is 0 Å². The SMILES string of the molecule is Cc1cc2c(cc1C)N(c1ccccn1)C(=O)CC2. The summed E-state index contributed by atoms with van der Waals surface area (Å²) in [6.07, 6.45) is 3.09. The number of pyridine rings is 1. The molecule has 0 atom stereocenters. The molecule has 19 heavy (non-hydrogen) atoms. The van der Waals surface area contributed by atoms with Crippen LogP contribution in [0.25, 0.3) is 0 Å². The van der Waals surface area contributed by atoms with E-state index < -0.39 is 0 Å². The van der Waals surface area contributed by atoms with Crippen molar-refractivity contribution in [3.63, 3.8) is 0 Å². The number of amides is 1. The number of aryl methyl sites for hydroxylation is 3. The molecule has 96 valence electrons. The van der Waals surface area contributed by atoms with Gasteiger partial charge in [0.15, 0.2) is 0 Å². The minimum absolute atomic E-state index is 0.120. The van der Waals surface area contributed by atoms with Crippen LogP contribution in [0.4, 0.5) is 11.5 Å². The quantitative estimate of drug-likeness (QED) is 0.780. The van der Waals surface area contributed by atoms with E-state index in [1.54, 1.807) is 11.1 Å². The Kier molecular flexibility index (Phi) is 2.82. The molecular formula is C16H16N2O. The zero-order valence-corrected chi connectivity index (χ0v) is 11.2. The van der Waals surface area contributed by atoms with E-state index in [-0.39, 0.29) is 5.91 Å². The summed E-state index contributed by atoms with van der Waals surface area (Å²) in [6.45, 7) is 4.18.